The van der Waals surface area contributed by atoms with Crippen LogP contribution in [-0.4, -0.2) is 16.6 Å². The van der Waals surface area contributed by atoms with Gasteiger partial charge in [0.2, 0.25) is 0 Å². The van der Waals surface area contributed by atoms with Crippen molar-refractivity contribution in [1.29, 1.82) is 0 Å². The molecule has 2 aromatic carbocycles. The molecule has 0 aliphatic carbocycles. The minimum Gasteiger partial charge on any atom is -0.508 e. The first-order valence-electron chi connectivity index (χ1n) is 6.59. The highest BCUT2D eigenvalue weighted by Crippen LogP contribution is 2.25. The molecule has 3 nitrogen and oxygen atoms in total. The van der Waals surface area contributed by atoms with E-state index in [-0.39, 0.29) is 0 Å². The van der Waals surface area contributed by atoms with Crippen LogP contribution in [0, 0.1) is 0 Å². The van der Waals surface area contributed by atoms with E-state index < -0.39 is 0 Å². The third-order valence-corrected chi connectivity index (χ3v) is 3.71. The van der Waals surface area contributed by atoms with Crippen LogP contribution in [0.5, 0.6) is 5.75 Å². The Morgan fingerprint density at radius 1 is 1.11 bits per heavy atom. The van der Waals surface area contributed by atoms with Crippen molar-refractivity contribution in [3.8, 4) is 5.75 Å². The zero-order valence-electron chi connectivity index (χ0n) is 10.8. The first kappa shape index (κ1) is 12.1. The van der Waals surface area contributed by atoms with E-state index in [0.29, 0.717) is 11.4 Å². The van der Waals surface area contributed by atoms with Gasteiger partial charge in [0.1, 0.15) is 5.75 Å². The van der Waals surface area contributed by atoms with Gasteiger partial charge < -0.3 is 10.8 Å². The highest BCUT2D eigenvalue weighted by molar-refractivity contribution is 5.47. The highest BCUT2D eigenvalue weighted by Gasteiger charge is 2.16. The molecule has 0 unspecified atom stereocenters. The Morgan fingerprint density at radius 3 is 2.74 bits per heavy atom. The second-order valence-corrected chi connectivity index (χ2v) is 5.12. The zero-order chi connectivity index (χ0) is 13.2. The Labute approximate surface area is 113 Å². The molecule has 1 aliphatic rings. The molecule has 0 radical (unpaired) electrons. The molecule has 3 heteroatoms. The van der Waals surface area contributed by atoms with Crippen molar-refractivity contribution in [3.63, 3.8) is 0 Å². The quantitative estimate of drug-likeness (QED) is 0.639. The molecule has 2 aromatic rings. The van der Waals surface area contributed by atoms with Crippen LogP contribution in [-0.2, 0) is 19.5 Å². The number of hydrogen-bond donors (Lipinski definition) is 2. The number of phenolic OH excluding ortho intramolecular Hbond substituents is 1. The van der Waals surface area contributed by atoms with Crippen LogP contribution in [0.2, 0.25) is 0 Å². The third kappa shape index (κ3) is 2.56. The molecule has 0 saturated heterocycles. The van der Waals surface area contributed by atoms with Crippen molar-refractivity contribution in [2.45, 2.75) is 19.5 Å². The molecular formula is C16H18N2O. The predicted molar refractivity (Wildman–Crippen MR) is 76.8 cm³/mol. The van der Waals surface area contributed by atoms with Gasteiger partial charge in [0.05, 0.1) is 0 Å². The normalized spacial score (nSPS) is 15.2. The summed E-state index contributed by atoms with van der Waals surface area (Å²) in [6.07, 6.45) is 1.07. The Bertz CT molecular complexity index is 595. The maximum absolute atomic E-state index is 9.88. The van der Waals surface area contributed by atoms with Gasteiger partial charge in [-0.05, 0) is 35.7 Å². The van der Waals surface area contributed by atoms with Crippen molar-refractivity contribution in [2.75, 3.05) is 12.3 Å². The first-order valence-corrected chi connectivity index (χ1v) is 6.59. The van der Waals surface area contributed by atoms with E-state index in [2.05, 4.69) is 29.2 Å². The highest BCUT2D eigenvalue weighted by atomic mass is 16.3. The van der Waals surface area contributed by atoms with E-state index in [1.54, 1.807) is 12.1 Å². The van der Waals surface area contributed by atoms with Gasteiger partial charge in [-0.2, -0.15) is 0 Å². The fraction of sp³-hybridized carbons (Fsp3) is 0.250. The summed E-state index contributed by atoms with van der Waals surface area (Å²) in [6.45, 7) is 2.70. The largest absolute Gasteiger partial charge is 0.508 e. The topological polar surface area (TPSA) is 49.5 Å². The average Bonchev–Trinajstić information content (AvgIpc) is 2.43. The van der Waals surface area contributed by atoms with Crippen LogP contribution in [0.3, 0.4) is 0 Å². The van der Waals surface area contributed by atoms with Crippen LogP contribution < -0.4 is 5.73 Å². The van der Waals surface area contributed by atoms with Gasteiger partial charge >= 0.3 is 0 Å². The van der Waals surface area contributed by atoms with E-state index in [4.69, 9.17) is 5.73 Å². The number of anilines is 1. The van der Waals surface area contributed by atoms with Gasteiger partial charge in [0, 0.05) is 30.9 Å². The number of nitrogen functional groups attached to an aromatic ring is 1. The smallest absolute Gasteiger partial charge is 0.120 e. The molecule has 1 aliphatic heterocycles. The number of nitrogens with zero attached hydrogens (tertiary/aromatic N) is 1. The summed E-state index contributed by atoms with van der Waals surface area (Å²) < 4.78 is 0. The minimum absolute atomic E-state index is 0.327. The maximum atomic E-state index is 9.88. The van der Waals surface area contributed by atoms with Crippen molar-refractivity contribution >= 4 is 5.69 Å². The molecule has 0 saturated carbocycles. The lowest BCUT2D eigenvalue weighted by atomic mass is 9.99. The van der Waals surface area contributed by atoms with Crippen molar-refractivity contribution < 1.29 is 5.11 Å². The number of phenols is 1. The summed E-state index contributed by atoms with van der Waals surface area (Å²) >= 11 is 0. The first-order chi connectivity index (χ1) is 9.22. The van der Waals surface area contributed by atoms with Gasteiger partial charge in [-0.15, -0.1) is 0 Å². The monoisotopic (exact) mass is 254 g/mol. The summed E-state index contributed by atoms with van der Waals surface area (Å²) in [5, 5.41) is 9.88. The molecule has 0 bridgehead atoms. The molecule has 0 atom stereocenters. The SMILES string of the molecule is Nc1ccc(O)c(CN2CCc3ccccc3C2)c1. The lowest BCUT2D eigenvalue weighted by Gasteiger charge is -2.29. The fourth-order valence-corrected chi connectivity index (χ4v) is 2.66. The Kier molecular flexibility index (Phi) is 3.13. The zero-order valence-corrected chi connectivity index (χ0v) is 10.8. The van der Waals surface area contributed by atoms with E-state index >= 15 is 0 Å². The number of benzene rings is 2. The van der Waals surface area contributed by atoms with Gasteiger partial charge in [-0.1, -0.05) is 24.3 Å². The van der Waals surface area contributed by atoms with Crippen molar-refractivity contribution in [3.05, 3.63) is 59.2 Å². The predicted octanol–water partition coefficient (Wildman–Crippen LogP) is 2.53. The molecule has 0 spiro atoms. The number of fused-ring (bicyclic) bond motifs is 1. The number of nitrogens with two attached hydrogens (primary N) is 1. The minimum atomic E-state index is 0.327. The fourth-order valence-electron chi connectivity index (χ4n) is 2.66. The van der Waals surface area contributed by atoms with E-state index in [9.17, 15) is 5.11 Å². The van der Waals surface area contributed by atoms with Crippen molar-refractivity contribution in [1.82, 2.24) is 4.90 Å². The molecular weight excluding hydrogens is 236 g/mol. The Balaban J connectivity index is 1.77. The standard InChI is InChI=1S/C16H18N2O/c17-15-5-6-16(19)14(9-15)11-18-8-7-12-3-1-2-4-13(12)10-18/h1-6,9,19H,7-8,10-11,17H2. The van der Waals surface area contributed by atoms with E-state index in [1.807, 2.05) is 6.07 Å². The average molecular weight is 254 g/mol. The molecule has 0 aromatic heterocycles. The lowest BCUT2D eigenvalue weighted by molar-refractivity contribution is 0.242. The summed E-state index contributed by atoms with van der Waals surface area (Å²) in [5.74, 6) is 0.327. The molecule has 0 fully saturated rings. The molecule has 3 N–H and O–H groups in total. The Hall–Kier alpha value is -2.00. The Morgan fingerprint density at radius 2 is 1.89 bits per heavy atom. The van der Waals surface area contributed by atoms with Crippen LogP contribution in [0.25, 0.3) is 0 Å². The molecule has 0 amide bonds. The summed E-state index contributed by atoms with van der Waals surface area (Å²) in [7, 11) is 0. The summed E-state index contributed by atoms with van der Waals surface area (Å²) in [4.78, 5) is 2.34. The van der Waals surface area contributed by atoms with Crippen LogP contribution in [0.15, 0.2) is 42.5 Å². The van der Waals surface area contributed by atoms with Crippen LogP contribution in [0.4, 0.5) is 5.69 Å². The number of aromatic hydroxyl groups is 1. The van der Waals surface area contributed by atoms with Crippen LogP contribution in [0.1, 0.15) is 16.7 Å². The van der Waals surface area contributed by atoms with Crippen molar-refractivity contribution in [2.24, 2.45) is 0 Å². The molecule has 19 heavy (non-hydrogen) atoms. The number of hydrogen-bond acceptors (Lipinski definition) is 3. The van der Waals surface area contributed by atoms with Gasteiger partial charge in [0.15, 0.2) is 0 Å². The van der Waals surface area contributed by atoms with E-state index in [0.717, 1.165) is 31.6 Å². The molecule has 1 heterocycles. The third-order valence-electron chi connectivity index (χ3n) is 3.71. The van der Waals surface area contributed by atoms with Crippen LogP contribution >= 0.6 is 0 Å². The molecule has 98 valence electrons. The number of rotatable bonds is 2. The van der Waals surface area contributed by atoms with Gasteiger partial charge in [-0.3, -0.25) is 4.90 Å². The summed E-state index contributed by atoms with van der Waals surface area (Å²) in [6, 6.07) is 13.8. The molecule has 3 rings (SSSR count). The second kappa shape index (κ2) is 4.94. The maximum Gasteiger partial charge on any atom is 0.120 e. The van der Waals surface area contributed by atoms with Gasteiger partial charge in [0.25, 0.3) is 0 Å². The van der Waals surface area contributed by atoms with E-state index in [1.165, 1.54) is 11.1 Å². The summed E-state index contributed by atoms with van der Waals surface area (Å²) in [5.41, 5.74) is 10.2. The lowest BCUT2D eigenvalue weighted by Crippen LogP contribution is -2.30. The van der Waals surface area contributed by atoms with Gasteiger partial charge in [-0.25, -0.2) is 0 Å². The second-order valence-electron chi connectivity index (χ2n) is 5.12.